The Bertz CT molecular complexity index is 432. The number of hydrogen-bond acceptors (Lipinski definition) is 4. The van der Waals surface area contributed by atoms with Crippen molar-refractivity contribution < 1.29 is 9.90 Å². The number of rotatable bonds is 6. The van der Waals surface area contributed by atoms with Crippen LogP contribution in [0.1, 0.15) is 38.5 Å². The lowest BCUT2D eigenvalue weighted by molar-refractivity contribution is -0.152. The summed E-state index contributed by atoms with van der Waals surface area (Å²) in [5.41, 5.74) is 4.69. The van der Waals surface area contributed by atoms with Gasteiger partial charge in [0.2, 0.25) is 5.91 Å². The second-order valence-corrected chi connectivity index (χ2v) is 6.54. The number of primary amides is 1. The van der Waals surface area contributed by atoms with E-state index in [-0.39, 0.29) is 12.0 Å². The maximum Gasteiger partial charge on any atom is 0.227 e. The SMILES string of the molecule is C=CCC1(C(N)=O)CCCNC1(CC=C)N1CCC(O)CC1. The Kier molecular flexibility index (Phi) is 5.42. The number of piperidine rings is 2. The molecule has 2 unspecified atom stereocenters. The van der Waals surface area contributed by atoms with Crippen LogP contribution in [0.5, 0.6) is 0 Å². The van der Waals surface area contributed by atoms with E-state index >= 15 is 0 Å². The van der Waals surface area contributed by atoms with Gasteiger partial charge in [-0.15, -0.1) is 13.2 Å². The lowest BCUT2D eigenvalue weighted by Crippen LogP contribution is -2.74. The fourth-order valence-electron chi connectivity index (χ4n) is 4.27. The van der Waals surface area contributed by atoms with E-state index in [0.717, 1.165) is 45.3 Å². The van der Waals surface area contributed by atoms with Gasteiger partial charge in [0, 0.05) is 13.1 Å². The number of nitrogens with zero attached hydrogens (tertiary/aromatic N) is 1. The van der Waals surface area contributed by atoms with Crippen molar-refractivity contribution in [3.8, 4) is 0 Å². The maximum atomic E-state index is 12.5. The molecular formula is C17H29N3O2. The van der Waals surface area contributed by atoms with Crippen LogP contribution < -0.4 is 11.1 Å². The summed E-state index contributed by atoms with van der Waals surface area (Å²) in [6.45, 7) is 10.1. The fourth-order valence-corrected chi connectivity index (χ4v) is 4.27. The monoisotopic (exact) mass is 307 g/mol. The average Bonchev–Trinajstić information content (AvgIpc) is 2.50. The third-order valence-corrected chi connectivity index (χ3v) is 5.40. The normalized spacial score (nSPS) is 34.2. The molecule has 0 saturated carbocycles. The van der Waals surface area contributed by atoms with E-state index in [1.165, 1.54) is 0 Å². The van der Waals surface area contributed by atoms with Gasteiger partial charge in [-0.3, -0.25) is 15.0 Å². The third-order valence-electron chi connectivity index (χ3n) is 5.40. The Balaban J connectivity index is 2.44. The molecular weight excluding hydrogens is 278 g/mol. The Hall–Kier alpha value is -1.17. The topological polar surface area (TPSA) is 78.6 Å². The van der Waals surface area contributed by atoms with E-state index in [2.05, 4.69) is 23.4 Å². The first-order chi connectivity index (χ1) is 10.5. The third kappa shape index (κ3) is 2.73. The van der Waals surface area contributed by atoms with E-state index in [1.54, 1.807) is 6.08 Å². The molecule has 2 aliphatic rings. The molecule has 0 aromatic heterocycles. The maximum absolute atomic E-state index is 12.5. The Labute approximate surface area is 133 Å². The number of allylic oxidation sites excluding steroid dienone is 1. The lowest BCUT2D eigenvalue weighted by atomic mass is 9.64. The fraction of sp³-hybridized carbons (Fsp3) is 0.706. The summed E-state index contributed by atoms with van der Waals surface area (Å²) in [4.78, 5) is 14.8. The van der Waals surface area contributed by atoms with E-state index in [0.29, 0.717) is 12.8 Å². The zero-order valence-electron chi connectivity index (χ0n) is 13.4. The van der Waals surface area contributed by atoms with E-state index in [9.17, 15) is 9.90 Å². The van der Waals surface area contributed by atoms with Crippen molar-refractivity contribution in [1.29, 1.82) is 0 Å². The molecule has 5 nitrogen and oxygen atoms in total. The van der Waals surface area contributed by atoms with Crippen molar-refractivity contribution in [2.45, 2.75) is 50.3 Å². The zero-order chi connectivity index (χ0) is 16.2. The van der Waals surface area contributed by atoms with Gasteiger partial charge in [-0.2, -0.15) is 0 Å². The number of carbonyl (C=O) groups is 1. The van der Waals surface area contributed by atoms with Gasteiger partial charge in [0.25, 0.3) is 0 Å². The number of likely N-dealkylation sites (tertiary alicyclic amines) is 1. The van der Waals surface area contributed by atoms with Gasteiger partial charge < -0.3 is 10.8 Å². The van der Waals surface area contributed by atoms with Crippen LogP contribution in [0.3, 0.4) is 0 Å². The van der Waals surface area contributed by atoms with Crippen LogP contribution in [0.15, 0.2) is 25.3 Å². The van der Waals surface area contributed by atoms with Crippen molar-refractivity contribution in [3.63, 3.8) is 0 Å². The average molecular weight is 307 g/mol. The zero-order valence-corrected chi connectivity index (χ0v) is 13.4. The van der Waals surface area contributed by atoms with Crippen LogP contribution in [0, 0.1) is 5.41 Å². The summed E-state index contributed by atoms with van der Waals surface area (Å²) in [7, 11) is 0. The Morgan fingerprint density at radius 1 is 1.32 bits per heavy atom. The molecule has 0 aromatic carbocycles. The van der Waals surface area contributed by atoms with Gasteiger partial charge in [0.1, 0.15) is 0 Å². The van der Waals surface area contributed by atoms with E-state index < -0.39 is 11.1 Å². The predicted octanol–water partition coefficient (Wildman–Crippen LogP) is 1.15. The number of nitrogens with two attached hydrogens (primary N) is 1. The molecule has 2 saturated heterocycles. The molecule has 1 amide bonds. The molecule has 5 heteroatoms. The number of carbonyl (C=O) groups excluding carboxylic acids is 1. The Morgan fingerprint density at radius 2 is 1.95 bits per heavy atom. The quantitative estimate of drug-likeness (QED) is 0.643. The Morgan fingerprint density at radius 3 is 2.50 bits per heavy atom. The molecule has 4 N–H and O–H groups in total. The highest BCUT2D eigenvalue weighted by atomic mass is 16.3. The molecule has 22 heavy (non-hydrogen) atoms. The second kappa shape index (κ2) is 6.94. The first kappa shape index (κ1) is 17.2. The predicted molar refractivity (Wildman–Crippen MR) is 88.0 cm³/mol. The minimum absolute atomic E-state index is 0.247. The van der Waals surface area contributed by atoms with Crippen molar-refractivity contribution in [1.82, 2.24) is 10.2 Å². The minimum atomic E-state index is -0.677. The molecule has 2 fully saturated rings. The molecule has 0 aliphatic carbocycles. The van der Waals surface area contributed by atoms with Crippen LogP contribution >= 0.6 is 0 Å². The summed E-state index contributed by atoms with van der Waals surface area (Å²) in [5, 5.41) is 13.4. The van der Waals surface area contributed by atoms with Crippen LogP contribution in [-0.4, -0.2) is 47.3 Å². The van der Waals surface area contributed by atoms with Crippen LogP contribution in [0.4, 0.5) is 0 Å². The highest BCUT2D eigenvalue weighted by Crippen LogP contribution is 2.47. The second-order valence-electron chi connectivity index (χ2n) is 6.54. The van der Waals surface area contributed by atoms with Crippen molar-refractivity contribution in [3.05, 3.63) is 25.3 Å². The summed E-state index contributed by atoms with van der Waals surface area (Å²) >= 11 is 0. The van der Waals surface area contributed by atoms with Gasteiger partial charge in [-0.05, 0) is 45.1 Å². The van der Waals surface area contributed by atoms with Gasteiger partial charge in [-0.1, -0.05) is 12.2 Å². The van der Waals surface area contributed by atoms with E-state index in [1.807, 2.05) is 6.08 Å². The minimum Gasteiger partial charge on any atom is -0.393 e. The summed E-state index contributed by atoms with van der Waals surface area (Å²) < 4.78 is 0. The largest absolute Gasteiger partial charge is 0.393 e. The van der Waals surface area contributed by atoms with Crippen LogP contribution in [0.2, 0.25) is 0 Å². The molecule has 2 rings (SSSR count). The molecule has 2 atom stereocenters. The number of aliphatic hydroxyl groups is 1. The standard InChI is InChI=1S/C17H29N3O2/c1-3-8-16(15(18)22)10-5-11-19-17(16,9-4-2)20-12-6-14(21)7-13-20/h3-4,14,19,21H,1-2,5-13H2,(H2,18,22). The van der Waals surface area contributed by atoms with Crippen molar-refractivity contribution in [2.24, 2.45) is 11.1 Å². The summed E-state index contributed by atoms with van der Waals surface area (Å²) in [6, 6.07) is 0. The van der Waals surface area contributed by atoms with Crippen molar-refractivity contribution in [2.75, 3.05) is 19.6 Å². The highest BCUT2D eigenvalue weighted by Gasteiger charge is 2.58. The molecule has 2 aliphatic heterocycles. The first-order valence-electron chi connectivity index (χ1n) is 8.22. The first-order valence-corrected chi connectivity index (χ1v) is 8.22. The van der Waals surface area contributed by atoms with E-state index in [4.69, 9.17) is 5.73 Å². The number of hydrogen-bond donors (Lipinski definition) is 3. The van der Waals surface area contributed by atoms with Gasteiger partial charge >= 0.3 is 0 Å². The molecule has 124 valence electrons. The molecule has 0 spiro atoms. The van der Waals surface area contributed by atoms with Crippen LogP contribution in [0.25, 0.3) is 0 Å². The number of nitrogens with one attached hydrogen (secondary N) is 1. The molecule has 2 heterocycles. The number of amides is 1. The molecule has 0 aromatic rings. The lowest BCUT2D eigenvalue weighted by Gasteiger charge is -2.58. The van der Waals surface area contributed by atoms with Gasteiger partial charge in [0.15, 0.2) is 0 Å². The van der Waals surface area contributed by atoms with Gasteiger partial charge in [-0.25, -0.2) is 0 Å². The van der Waals surface area contributed by atoms with Gasteiger partial charge in [0.05, 0.1) is 17.2 Å². The van der Waals surface area contributed by atoms with Crippen LogP contribution in [-0.2, 0) is 4.79 Å². The summed E-state index contributed by atoms with van der Waals surface area (Å²) in [6.07, 6.45) is 7.76. The molecule has 0 bridgehead atoms. The summed E-state index contributed by atoms with van der Waals surface area (Å²) in [5.74, 6) is -0.271. The molecule has 0 radical (unpaired) electrons. The number of aliphatic hydroxyl groups excluding tert-OH is 1. The smallest absolute Gasteiger partial charge is 0.227 e. The van der Waals surface area contributed by atoms with Crippen molar-refractivity contribution >= 4 is 5.91 Å². The highest BCUT2D eigenvalue weighted by molar-refractivity contribution is 5.83.